The first-order valence-corrected chi connectivity index (χ1v) is 11.9. The molecule has 0 spiro atoms. The van der Waals surface area contributed by atoms with Crippen molar-refractivity contribution in [3.8, 4) is 0 Å². The van der Waals surface area contributed by atoms with Gasteiger partial charge in [0.1, 0.15) is 5.52 Å². The number of rotatable bonds is 8. The molecular formula is C24H20ClN3O5S. The van der Waals surface area contributed by atoms with E-state index in [9.17, 15) is 24.0 Å². The maximum absolute atomic E-state index is 12.7. The third-order valence-electron chi connectivity index (χ3n) is 5.44. The van der Waals surface area contributed by atoms with Gasteiger partial charge in [-0.2, -0.15) is 0 Å². The van der Waals surface area contributed by atoms with Crippen LogP contribution in [-0.4, -0.2) is 35.4 Å². The van der Waals surface area contributed by atoms with E-state index in [0.29, 0.717) is 31.3 Å². The number of carboxylic acid groups (broad SMARTS) is 1. The van der Waals surface area contributed by atoms with Gasteiger partial charge >= 0.3 is 5.97 Å². The predicted octanol–water partition coefficient (Wildman–Crippen LogP) is 3.44. The predicted molar refractivity (Wildman–Crippen MR) is 127 cm³/mol. The van der Waals surface area contributed by atoms with Crippen molar-refractivity contribution in [2.75, 3.05) is 0 Å². The van der Waals surface area contributed by atoms with Gasteiger partial charge in [0.2, 0.25) is 0 Å². The molecule has 34 heavy (non-hydrogen) atoms. The Kier molecular flexibility index (Phi) is 7.16. The second-order valence-electron chi connectivity index (χ2n) is 7.60. The van der Waals surface area contributed by atoms with Crippen molar-refractivity contribution < 1.29 is 19.2 Å². The largest absolute Gasteiger partial charge is 0.481 e. The topological polar surface area (TPSA) is 122 Å². The number of aryl methyl sites for hydroxylation is 1. The molecule has 10 heteroatoms. The highest BCUT2D eigenvalue weighted by molar-refractivity contribution is 7.85. The summed E-state index contributed by atoms with van der Waals surface area (Å²) >= 11 is 5.87. The van der Waals surface area contributed by atoms with E-state index >= 15 is 0 Å². The van der Waals surface area contributed by atoms with Crippen LogP contribution in [-0.2, 0) is 22.1 Å². The average molecular weight is 498 g/mol. The molecule has 1 heterocycles. The van der Waals surface area contributed by atoms with E-state index < -0.39 is 28.8 Å². The number of aromatic nitrogens is 3. The number of carboxylic acids is 1. The summed E-state index contributed by atoms with van der Waals surface area (Å²) in [5, 5.41) is 29.2. The van der Waals surface area contributed by atoms with Gasteiger partial charge in [-0.15, -0.1) is 5.10 Å². The fraction of sp³-hybridized carbons (Fsp3) is 0.167. The van der Waals surface area contributed by atoms with Crippen molar-refractivity contribution in [3.05, 3.63) is 93.7 Å². The van der Waals surface area contributed by atoms with Crippen molar-refractivity contribution in [2.45, 2.75) is 28.9 Å². The average Bonchev–Trinajstić information content (AvgIpc) is 2.85. The number of hydrogen-bond acceptors (Lipinski definition) is 6. The molecule has 0 bridgehead atoms. The summed E-state index contributed by atoms with van der Waals surface area (Å²) < 4.78 is 13.8. The second kappa shape index (κ2) is 10.3. The summed E-state index contributed by atoms with van der Waals surface area (Å²) in [6.07, 6.45) is -1.37. The maximum atomic E-state index is 12.7. The molecule has 4 aromatic rings. The molecule has 3 aromatic carbocycles. The van der Waals surface area contributed by atoms with E-state index in [1.54, 1.807) is 72.8 Å². The van der Waals surface area contributed by atoms with Crippen molar-refractivity contribution in [1.82, 2.24) is 15.0 Å². The van der Waals surface area contributed by atoms with Gasteiger partial charge in [0.15, 0.2) is 0 Å². The standard InChI is InChI=1S/C24H20ClN3O5S/c25-16-7-11-18(12-8-16)34(33)17-9-5-15(6-10-17)22(29)20(24(31)32)13-14-28-23(30)19-3-1-2-4-21(19)26-27-28/h1-12,20,22,29H,13-14H2,(H,31,32)/t20-,22?,34?/m0/s1. The number of benzene rings is 3. The molecule has 0 fully saturated rings. The molecular weight excluding hydrogens is 478 g/mol. The third-order valence-corrected chi connectivity index (χ3v) is 7.10. The Balaban J connectivity index is 1.49. The first-order valence-electron chi connectivity index (χ1n) is 10.4. The normalized spacial score (nSPS) is 13.9. The monoisotopic (exact) mass is 497 g/mol. The number of halogens is 1. The number of aliphatic carboxylic acids is 1. The Labute approximate surface area is 201 Å². The summed E-state index contributed by atoms with van der Waals surface area (Å²) in [7, 11) is -1.45. The number of hydrogen-bond donors (Lipinski definition) is 2. The van der Waals surface area contributed by atoms with Crippen LogP contribution in [0.15, 0.2) is 87.4 Å². The zero-order chi connectivity index (χ0) is 24.2. The van der Waals surface area contributed by atoms with Crippen LogP contribution in [0.2, 0.25) is 5.02 Å². The van der Waals surface area contributed by atoms with Gasteiger partial charge in [0.25, 0.3) is 5.56 Å². The van der Waals surface area contributed by atoms with Crippen LogP contribution in [0.5, 0.6) is 0 Å². The van der Waals surface area contributed by atoms with Crippen LogP contribution >= 0.6 is 11.6 Å². The Morgan fingerprint density at radius 2 is 1.62 bits per heavy atom. The third kappa shape index (κ3) is 5.06. The van der Waals surface area contributed by atoms with E-state index in [2.05, 4.69) is 10.3 Å². The van der Waals surface area contributed by atoms with Crippen molar-refractivity contribution >= 4 is 39.3 Å². The highest BCUT2D eigenvalue weighted by Crippen LogP contribution is 2.27. The molecule has 2 unspecified atom stereocenters. The lowest BCUT2D eigenvalue weighted by Crippen LogP contribution is -2.29. The molecule has 0 saturated carbocycles. The number of fused-ring (bicyclic) bond motifs is 1. The van der Waals surface area contributed by atoms with Gasteiger partial charge in [-0.05, 0) is 60.5 Å². The molecule has 1 aromatic heterocycles. The Morgan fingerprint density at radius 1 is 1.00 bits per heavy atom. The Bertz CT molecular complexity index is 1410. The molecule has 0 aliphatic carbocycles. The fourth-order valence-electron chi connectivity index (χ4n) is 3.56. The molecule has 174 valence electrons. The lowest BCUT2D eigenvalue weighted by molar-refractivity contribution is -0.146. The van der Waals surface area contributed by atoms with E-state index in [1.165, 1.54) is 0 Å². The van der Waals surface area contributed by atoms with Gasteiger partial charge in [0, 0.05) is 21.4 Å². The van der Waals surface area contributed by atoms with Crippen LogP contribution in [0.1, 0.15) is 18.1 Å². The lowest BCUT2D eigenvalue weighted by Gasteiger charge is -2.20. The quantitative estimate of drug-likeness (QED) is 0.382. The molecule has 8 nitrogen and oxygen atoms in total. The zero-order valence-corrected chi connectivity index (χ0v) is 19.3. The van der Waals surface area contributed by atoms with Gasteiger partial charge in [-0.25, -0.2) is 8.89 Å². The zero-order valence-electron chi connectivity index (χ0n) is 17.7. The summed E-state index contributed by atoms with van der Waals surface area (Å²) in [6.45, 7) is -0.0244. The molecule has 0 amide bonds. The van der Waals surface area contributed by atoms with Crippen LogP contribution in [0, 0.1) is 5.92 Å². The first-order chi connectivity index (χ1) is 16.3. The van der Waals surface area contributed by atoms with E-state index in [0.717, 1.165) is 4.68 Å². The molecule has 4 rings (SSSR count). The molecule has 0 radical (unpaired) electrons. The maximum Gasteiger partial charge on any atom is 0.309 e. The Morgan fingerprint density at radius 3 is 2.26 bits per heavy atom. The highest BCUT2D eigenvalue weighted by atomic mass is 35.5. The van der Waals surface area contributed by atoms with Crippen LogP contribution < -0.4 is 5.56 Å². The summed E-state index contributed by atoms with van der Waals surface area (Å²) in [5.74, 6) is -2.39. The number of aliphatic hydroxyl groups excluding tert-OH is 1. The minimum atomic E-state index is -1.45. The Hall–Kier alpha value is -3.40. The minimum Gasteiger partial charge on any atom is -0.481 e. The van der Waals surface area contributed by atoms with Gasteiger partial charge < -0.3 is 10.2 Å². The van der Waals surface area contributed by atoms with E-state index in [4.69, 9.17) is 11.6 Å². The molecule has 2 N–H and O–H groups in total. The number of nitrogens with zero attached hydrogens (tertiary/aromatic N) is 3. The van der Waals surface area contributed by atoms with Gasteiger partial charge in [0.05, 0.1) is 28.2 Å². The van der Waals surface area contributed by atoms with Crippen LogP contribution in [0.4, 0.5) is 0 Å². The van der Waals surface area contributed by atoms with Crippen molar-refractivity contribution in [2.24, 2.45) is 5.92 Å². The second-order valence-corrected chi connectivity index (χ2v) is 9.52. The van der Waals surface area contributed by atoms with Gasteiger partial charge in [-0.1, -0.05) is 41.1 Å². The molecule has 0 saturated heterocycles. The summed E-state index contributed by atoms with van der Waals surface area (Å²) in [6, 6.07) is 19.6. The minimum absolute atomic E-state index is 0.0244. The number of aliphatic hydroxyl groups is 1. The number of carbonyl (C=O) groups is 1. The molecule has 0 aliphatic heterocycles. The molecule has 0 aliphatic rings. The summed E-state index contributed by atoms with van der Waals surface area (Å²) in [5.41, 5.74) is 0.439. The SMILES string of the molecule is O=C(O)[C@@H](CCn1nnc2ccccc2c1=O)C(O)c1ccc(S(=O)c2ccc(Cl)cc2)cc1. The van der Waals surface area contributed by atoms with E-state index in [1.807, 2.05) is 0 Å². The van der Waals surface area contributed by atoms with E-state index in [-0.39, 0.29) is 18.5 Å². The van der Waals surface area contributed by atoms with Crippen molar-refractivity contribution in [1.29, 1.82) is 0 Å². The first kappa shape index (κ1) is 23.7. The fourth-order valence-corrected chi connectivity index (χ4v) is 4.73. The highest BCUT2D eigenvalue weighted by Gasteiger charge is 2.28. The van der Waals surface area contributed by atoms with Crippen LogP contribution in [0.25, 0.3) is 10.9 Å². The van der Waals surface area contributed by atoms with Crippen molar-refractivity contribution in [3.63, 3.8) is 0 Å². The van der Waals surface area contributed by atoms with Crippen LogP contribution in [0.3, 0.4) is 0 Å². The summed E-state index contributed by atoms with van der Waals surface area (Å²) in [4.78, 5) is 25.6. The van der Waals surface area contributed by atoms with Gasteiger partial charge in [-0.3, -0.25) is 9.59 Å². The lowest BCUT2D eigenvalue weighted by atomic mass is 9.93. The molecule has 3 atom stereocenters. The smallest absolute Gasteiger partial charge is 0.309 e.